The number of nitrogens with zero attached hydrogens (tertiary/aromatic N) is 1. The Morgan fingerprint density at radius 3 is 2.83 bits per heavy atom. The van der Waals surface area contributed by atoms with Crippen LogP contribution in [0.5, 0.6) is 0 Å². The highest BCUT2D eigenvalue weighted by molar-refractivity contribution is 7.09. The molecular formula is C18H30ClN3OS. The van der Waals surface area contributed by atoms with E-state index in [1.807, 2.05) is 11.3 Å². The smallest absolute Gasteiger partial charge is 0.223 e. The first-order valence-electron chi connectivity index (χ1n) is 8.96. The van der Waals surface area contributed by atoms with Gasteiger partial charge in [-0.05, 0) is 69.6 Å². The summed E-state index contributed by atoms with van der Waals surface area (Å²) in [6.45, 7) is 7.41. The van der Waals surface area contributed by atoms with Crippen LogP contribution in [0, 0.1) is 11.8 Å². The van der Waals surface area contributed by atoms with Gasteiger partial charge in [-0.15, -0.1) is 23.7 Å². The van der Waals surface area contributed by atoms with Gasteiger partial charge in [-0.2, -0.15) is 0 Å². The quantitative estimate of drug-likeness (QED) is 0.836. The Morgan fingerprint density at radius 2 is 2.17 bits per heavy atom. The lowest BCUT2D eigenvalue weighted by Gasteiger charge is -2.32. The second kappa shape index (κ2) is 9.76. The van der Waals surface area contributed by atoms with Crippen molar-refractivity contribution >= 4 is 29.7 Å². The topological polar surface area (TPSA) is 44.4 Å². The fraction of sp³-hybridized carbons (Fsp3) is 0.722. The summed E-state index contributed by atoms with van der Waals surface area (Å²) in [5, 5.41) is 8.78. The summed E-state index contributed by atoms with van der Waals surface area (Å²) in [4.78, 5) is 16.3. The van der Waals surface area contributed by atoms with E-state index >= 15 is 0 Å². The highest BCUT2D eigenvalue weighted by Crippen LogP contribution is 2.21. The molecule has 0 aromatic carbocycles. The molecule has 2 N–H and O–H groups in total. The predicted molar refractivity (Wildman–Crippen MR) is 103 cm³/mol. The summed E-state index contributed by atoms with van der Waals surface area (Å²) in [6.07, 6.45) is 4.36. The van der Waals surface area contributed by atoms with Gasteiger partial charge in [0.25, 0.3) is 0 Å². The van der Waals surface area contributed by atoms with Gasteiger partial charge in [-0.1, -0.05) is 6.07 Å². The van der Waals surface area contributed by atoms with E-state index in [4.69, 9.17) is 0 Å². The van der Waals surface area contributed by atoms with Crippen molar-refractivity contribution in [2.75, 3.05) is 26.2 Å². The molecule has 136 valence electrons. The van der Waals surface area contributed by atoms with Gasteiger partial charge in [-0.3, -0.25) is 9.69 Å². The van der Waals surface area contributed by atoms with Crippen LogP contribution >= 0.6 is 23.7 Å². The van der Waals surface area contributed by atoms with Crippen LogP contribution in [-0.2, 0) is 11.3 Å². The van der Waals surface area contributed by atoms with Gasteiger partial charge >= 0.3 is 0 Å². The lowest BCUT2D eigenvalue weighted by atomic mass is 9.91. The third-order valence-corrected chi connectivity index (χ3v) is 6.09. The third kappa shape index (κ3) is 5.73. The number of rotatable bonds is 5. The molecule has 6 heteroatoms. The molecule has 2 aliphatic heterocycles. The molecule has 0 unspecified atom stereocenters. The van der Waals surface area contributed by atoms with Crippen LogP contribution in [0.2, 0.25) is 0 Å². The Kier molecular flexibility index (Phi) is 8.01. The highest BCUT2D eigenvalue weighted by Gasteiger charge is 2.26. The van der Waals surface area contributed by atoms with Crippen molar-refractivity contribution in [2.24, 2.45) is 11.8 Å². The summed E-state index contributed by atoms with van der Waals surface area (Å²) >= 11 is 1.84. The largest absolute Gasteiger partial charge is 0.356 e. The SMILES string of the molecule is C[C@H]1C[C@@H](C(=O)NCC2CCN(Cc3cccs3)CC2)CCN1.Cl. The van der Waals surface area contributed by atoms with Crippen molar-refractivity contribution in [3.63, 3.8) is 0 Å². The van der Waals surface area contributed by atoms with Crippen LogP contribution in [0.1, 0.15) is 37.5 Å². The van der Waals surface area contributed by atoms with Crippen LogP contribution in [0.3, 0.4) is 0 Å². The Bertz CT molecular complexity index is 488. The molecule has 0 bridgehead atoms. The molecule has 1 aromatic rings. The lowest BCUT2D eigenvalue weighted by molar-refractivity contribution is -0.126. The Labute approximate surface area is 155 Å². The Morgan fingerprint density at radius 1 is 1.38 bits per heavy atom. The molecule has 0 saturated carbocycles. The molecule has 3 rings (SSSR count). The zero-order valence-electron chi connectivity index (χ0n) is 14.5. The van der Waals surface area contributed by atoms with Crippen molar-refractivity contribution in [1.29, 1.82) is 0 Å². The minimum Gasteiger partial charge on any atom is -0.356 e. The minimum absolute atomic E-state index is 0. The summed E-state index contributed by atoms with van der Waals surface area (Å²) in [6, 6.07) is 4.82. The number of amides is 1. The molecule has 0 radical (unpaired) electrons. The van der Waals surface area contributed by atoms with Gasteiger partial charge in [0.15, 0.2) is 0 Å². The maximum atomic E-state index is 12.3. The van der Waals surface area contributed by atoms with Gasteiger partial charge in [0.2, 0.25) is 5.91 Å². The first-order valence-corrected chi connectivity index (χ1v) is 9.84. The summed E-state index contributed by atoms with van der Waals surface area (Å²) in [5.74, 6) is 1.14. The number of halogens is 1. The molecule has 2 saturated heterocycles. The molecule has 0 aliphatic carbocycles. The van der Waals surface area contributed by atoms with Crippen LogP contribution in [-0.4, -0.2) is 43.0 Å². The monoisotopic (exact) mass is 371 g/mol. The molecule has 0 spiro atoms. The zero-order chi connectivity index (χ0) is 16.1. The van der Waals surface area contributed by atoms with Crippen molar-refractivity contribution < 1.29 is 4.79 Å². The molecule has 1 aromatic heterocycles. The van der Waals surface area contributed by atoms with Gasteiger partial charge in [0.05, 0.1) is 0 Å². The number of likely N-dealkylation sites (tertiary alicyclic amines) is 1. The van der Waals surface area contributed by atoms with Gasteiger partial charge < -0.3 is 10.6 Å². The molecule has 2 fully saturated rings. The predicted octanol–water partition coefficient (Wildman–Crippen LogP) is 2.89. The molecule has 2 atom stereocenters. The zero-order valence-corrected chi connectivity index (χ0v) is 16.1. The van der Waals surface area contributed by atoms with E-state index in [1.54, 1.807) is 0 Å². The fourth-order valence-corrected chi connectivity index (χ4v) is 4.48. The maximum absolute atomic E-state index is 12.3. The number of thiophene rings is 1. The van der Waals surface area contributed by atoms with Gasteiger partial charge in [-0.25, -0.2) is 0 Å². The molecular weight excluding hydrogens is 342 g/mol. The van der Waals surface area contributed by atoms with E-state index in [1.165, 1.54) is 17.7 Å². The van der Waals surface area contributed by atoms with Crippen LogP contribution in [0.15, 0.2) is 17.5 Å². The number of carbonyl (C=O) groups is 1. The Hall–Kier alpha value is -0.620. The van der Waals surface area contributed by atoms with Crippen molar-refractivity contribution in [3.8, 4) is 0 Å². The second-order valence-corrected chi connectivity index (χ2v) is 8.15. The van der Waals surface area contributed by atoms with Crippen LogP contribution < -0.4 is 10.6 Å². The van der Waals surface area contributed by atoms with Gasteiger partial charge in [0.1, 0.15) is 0 Å². The Balaban J connectivity index is 0.00000208. The van der Waals surface area contributed by atoms with E-state index in [2.05, 4.69) is 40.0 Å². The maximum Gasteiger partial charge on any atom is 0.223 e. The van der Waals surface area contributed by atoms with E-state index < -0.39 is 0 Å². The summed E-state index contributed by atoms with van der Waals surface area (Å²) in [5.41, 5.74) is 0. The lowest BCUT2D eigenvalue weighted by Crippen LogP contribution is -2.44. The number of hydrogen-bond donors (Lipinski definition) is 2. The van der Waals surface area contributed by atoms with E-state index in [-0.39, 0.29) is 24.2 Å². The highest BCUT2D eigenvalue weighted by atomic mass is 35.5. The average molecular weight is 372 g/mol. The van der Waals surface area contributed by atoms with Gasteiger partial charge in [0, 0.05) is 29.9 Å². The molecule has 4 nitrogen and oxygen atoms in total. The van der Waals surface area contributed by atoms with E-state index in [9.17, 15) is 4.79 Å². The first kappa shape index (κ1) is 19.7. The van der Waals surface area contributed by atoms with Crippen molar-refractivity contribution in [1.82, 2.24) is 15.5 Å². The number of nitrogens with one attached hydrogen (secondary N) is 2. The normalized spacial score (nSPS) is 25.9. The molecule has 3 heterocycles. The third-order valence-electron chi connectivity index (χ3n) is 5.23. The summed E-state index contributed by atoms with van der Waals surface area (Å²) in [7, 11) is 0. The summed E-state index contributed by atoms with van der Waals surface area (Å²) < 4.78 is 0. The van der Waals surface area contributed by atoms with Crippen molar-refractivity contribution in [2.45, 2.75) is 45.2 Å². The van der Waals surface area contributed by atoms with E-state index in [0.717, 1.165) is 45.6 Å². The molecule has 24 heavy (non-hydrogen) atoms. The average Bonchev–Trinajstić information content (AvgIpc) is 3.07. The van der Waals surface area contributed by atoms with Crippen LogP contribution in [0.4, 0.5) is 0 Å². The van der Waals surface area contributed by atoms with Crippen LogP contribution in [0.25, 0.3) is 0 Å². The second-order valence-electron chi connectivity index (χ2n) is 7.12. The standard InChI is InChI=1S/C18H29N3OS.ClH/c1-14-11-16(4-7-19-14)18(22)20-12-15-5-8-21(9-6-15)13-17-3-2-10-23-17;/h2-3,10,14-16,19H,4-9,11-13H2,1H3,(H,20,22);1H/t14-,16-;/m0./s1. The minimum atomic E-state index is 0. The number of piperidine rings is 2. The van der Waals surface area contributed by atoms with Crippen molar-refractivity contribution in [3.05, 3.63) is 22.4 Å². The molecule has 2 aliphatic rings. The molecule has 1 amide bonds. The van der Waals surface area contributed by atoms with E-state index in [0.29, 0.717) is 12.0 Å². The first-order chi connectivity index (χ1) is 11.2. The number of hydrogen-bond acceptors (Lipinski definition) is 4. The number of carbonyl (C=O) groups excluding carboxylic acids is 1. The fourth-order valence-electron chi connectivity index (χ4n) is 3.73.